The van der Waals surface area contributed by atoms with Crippen molar-refractivity contribution in [1.29, 1.82) is 0 Å². The normalized spacial score (nSPS) is 16.8. The number of hydrogen-bond acceptors (Lipinski definition) is 7. The van der Waals surface area contributed by atoms with Crippen molar-refractivity contribution in [3.63, 3.8) is 0 Å². The second-order valence-electron chi connectivity index (χ2n) is 8.37. The molecule has 33 heavy (non-hydrogen) atoms. The van der Waals surface area contributed by atoms with E-state index >= 15 is 0 Å². The molecule has 5 rings (SSSR count). The lowest BCUT2D eigenvalue weighted by Gasteiger charge is -2.35. The maximum Gasteiger partial charge on any atom is 0.409 e. The molecule has 8 nitrogen and oxygen atoms in total. The lowest BCUT2D eigenvalue weighted by Crippen LogP contribution is -2.50. The average molecular weight is 488 g/mol. The van der Waals surface area contributed by atoms with Gasteiger partial charge < -0.3 is 19.4 Å². The predicted molar refractivity (Wildman–Crippen MR) is 131 cm³/mol. The lowest BCUT2D eigenvalue weighted by atomic mass is 10.1. The fourth-order valence-electron chi connectivity index (χ4n) is 4.50. The Morgan fingerprint density at radius 2 is 1.88 bits per heavy atom. The molecule has 0 unspecified atom stereocenters. The first-order valence-corrected chi connectivity index (χ1v) is 12.3. The SMILES string of the molecule is CCOC(=O)N1CCN(c2nc3sc4c(c3c(=O)n2-c2ccc(Cl)cc2)CCN(C)C4)CC1. The summed E-state index contributed by atoms with van der Waals surface area (Å²) < 4.78 is 6.84. The van der Waals surface area contributed by atoms with E-state index in [1.807, 2.05) is 12.1 Å². The highest BCUT2D eigenvalue weighted by Crippen LogP contribution is 2.34. The van der Waals surface area contributed by atoms with Gasteiger partial charge in [0.2, 0.25) is 5.95 Å². The first-order valence-electron chi connectivity index (χ1n) is 11.1. The van der Waals surface area contributed by atoms with Crippen LogP contribution in [0.5, 0.6) is 0 Å². The molecule has 0 N–H and O–H groups in total. The second-order valence-corrected chi connectivity index (χ2v) is 9.89. The number of ether oxygens (including phenoxy) is 1. The van der Waals surface area contributed by atoms with Crippen molar-refractivity contribution < 1.29 is 9.53 Å². The Morgan fingerprint density at radius 1 is 1.15 bits per heavy atom. The summed E-state index contributed by atoms with van der Waals surface area (Å²) in [4.78, 5) is 39.1. The predicted octanol–water partition coefficient (Wildman–Crippen LogP) is 3.37. The molecule has 1 aromatic carbocycles. The van der Waals surface area contributed by atoms with Gasteiger partial charge in [-0.1, -0.05) is 11.6 Å². The van der Waals surface area contributed by atoms with Gasteiger partial charge in [0.1, 0.15) is 4.83 Å². The molecule has 3 aromatic rings. The quantitative estimate of drug-likeness (QED) is 0.564. The Balaban J connectivity index is 1.60. The highest BCUT2D eigenvalue weighted by Gasteiger charge is 2.28. The molecular weight excluding hydrogens is 462 g/mol. The lowest BCUT2D eigenvalue weighted by molar-refractivity contribution is 0.105. The van der Waals surface area contributed by atoms with E-state index in [9.17, 15) is 9.59 Å². The molecule has 2 aliphatic rings. The molecule has 1 amide bonds. The first-order chi connectivity index (χ1) is 16.0. The second kappa shape index (κ2) is 8.96. The minimum atomic E-state index is -0.300. The van der Waals surface area contributed by atoms with Gasteiger partial charge in [0.05, 0.1) is 17.7 Å². The molecule has 0 bridgehead atoms. The summed E-state index contributed by atoms with van der Waals surface area (Å²) in [7, 11) is 2.10. The number of rotatable bonds is 3. The van der Waals surface area contributed by atoms with Crippen molar-refractivity contribution >= 4 is 45.2 Å². The molecule has 2 aromatic heterocycles. The summed E-state index contributed by atoms with van der Waals surface area (Å²) in [6.07, 6.45) is 0.548. The fraction of sp³-hybridized carbons (Fsp3) is 0.435. The molecule has 0 aliphatic carbocycles. The van der Waals surface area contributed by atoms with Crippen molar-refractivity contribution in [1.82, 2.24) is 19.4 Å². The third kappa shape index (κ3) is 4.09. The molecule has 10 heteroatoms. The monoisotopic (exact) mass is 487 g/mol. The van der Waals surface area contributed by atoms with Gasteiger partial charge in [-0.15, -0.1) is 11.3 Å². The van der Waals surface area contributed by atoms with E-state index in [0.29, 0.717) is 43.8 Å². The molecule has 0 radical (unpaired) electrons. The number of thiophene rings is 1. The summed E-state index contributed by atoms with van der Waals surface area (Å²) >= 11 is 7.73. The van der Waals surface area contributed by atoms with Gasteiger partial charge in [-0.2, -0.15) is 0 Å². The highest BCUT2D eigenvalue weighted by molar-refractivity contribution is 7.18. The minimum absolute atomic E-state index is 0.0489. The van der Waals surface area contributed by atoms with E-state index in [1.54, 1.807) is 39.9 Å². The summed E-state index contributed by atoms with van der Waals surface area (Å²) in [5, 5.41) is 1.34. The molecule has 174 valence electrons. The van der Waals surface area contributed by atoms with Gasteiger partial charge in [0.25, 0.3) is 5.56 Å². The maximum absolute atomic E-state index is 13.9. The molecule has 0 atom stereocenters. The van der Waals surface area contributed by atoms with Gasteiger partial charge in [0, 0.05) is 49.2 Å². The van der Waals surface area contributed by atoms with E-state index in [-0.39, 0.29) is 11.7 Å². The number of aromatic nitrogens is 2. The van der Waals surface area contributed by atoms with Crippen LogP contribution >= 0.6 is 22.9 Å². The van der Waals surface area contributed by atoms with Crippen LogP contribution in [0.2, 0.25) is 5.02 Å². The van der Waals surface area contributed by atoms with Crippen molar-refractivity contribution in [2.45, 2.75) is 19.9 Å². The Hall–Kier alpha value is -2.62. The van der Waals surface area contributed by atoms with E-state index in [2.05, 4.69) is 16.8 Å². The van der Waals surface area contributed by atoms with Crippen LogP contribution in [0.15, 0.2) is 29.1 Å². The van der Waals surface area contributed by atoms with Crippen LogP contribution in [0.25, 0.3) is 15.9 Å². The Morgan fingerprint density at radius 3 is 2.58 bits per heavy atom. The third-order valence-electron chi connectivity index (χ3n) is 6.22. The van der Waals surface area contributed by atoms with Crippen molar-refractivity contribution in [3.05, 3.63) is 50.1 Å². The first kappa shape index (κ1) is 22.2. The van der Waals surface area contributed by atoms with Crippen molar-refractivity contribution in [3.8, 4) is 5.69 Å². The smallest absolute Gasteiger partial charge is 0.409 e. The summed E-state index contributed by atoms with van der Waals surface area (Å²) in [6, 6.07) is 7.27. The van der Waals surface area contributed by atoms with Crippen LogP contribution in [-0.4, -0.2) is 71.8 Å². The molecule has 0 saturated carbocycles. The number of benzene rings is 1. The van der Waals surface area contributed by atoms with E-state index in [0.717, 1.165) is 41.0 Å². The standard InChI is InChI=1S/C23H26ClN5O3S/c1-3-32-23(31)28-12-10-27(11-13-28)22-25-20-19(17-8-9-26(2)14-18(17)33-20)21(30)29(22)16-6-4-15(24)5-7-16/h4-7H,3,8-14H2,1-2H3. The van der Waals surface area contributed by atoms with Crippen LogP contribution in [0.4, 0.5) is 10.7 Å². The average Bonchev–Trinajstić information content (AvgIpc) is 3.18. The van der Waals surface area contributed by atoms with Crippen molar-refractivity contribution in [2.24, 2.45) is 0 Å². The van der Waals surface area contributed by atoms with Crippen LogP contribution in [0.1, 0.15) is 17.4 Å². The molecule has 2 aliphatic heterocycles. The number of amides is 1. The van der Waals surface area contributed by atoms with Gasteiger partial charge in [0.15, 0.2) is 0 Å². The summed E-state index contributed by atoms with van der Waals surface area (Å²) in [6.45, 7) is 6.08. The number of carbonyl (C=O) groups is 1. The molecule has 4 heterocycles. The summed E-state index contributed by atoms with van der Waals surface area (Å²) in [5.74, 6) is 0.602. The number of piperazine rings is 1. The number of likely N-dealkylation sites (N-methyl/N-ethyl adjacent to an activating group) is 1. The van der Waals surface area contributed by atoms with E-state index < -0.39 is 0 Å². The fourth-order valence-corrected chi connectivity index (χ4v) is 5.91. The van der Waals surface area contributed by atoms with Gasteiger partial charge in [-0.05, 0) is 50.2 Å². The van der Waals surface area contributed by atoms with Crippen molar-refractivity contribution in [2.75, 3.05) is 51.3 Å². The molecule has 0 spiro atoms. The number of fused-ring (bicyclic) bond motifs is 3. The third-order valence-corrected chi connectivity index (χ3v) is 7.58. The Bertz CT molecular complexity index is 1250. The van der Waals surface area contributed by atoms with Gasteiger partial charge in [-0.3, -0.25) is 4.79 Å². The highest BCUT2D eigenvalue weighted by atomic mass is 35.5. The number of halogens is 1. The largest absolute Gasteiger partial charge is 0.450 e. The molecular formula is C23H26ClN5O3S. The number of anilines is 1. The Labute approximate surface area is 200 Å². The Kier molecular flexibility index (Phi) is 6.03. The van der Waals surface area contributed by atoms with E-state index in [1.165, 1.54) is 4.88 Å². The molecule has 1 fully saturated rings. The molecule has 1 saturated heterocycles. The number of carbonyl (C=O) groups excluding carboxylic acids is 1. The maximum atomic E-state index is 13.9. The van der Waals surface area contributed by atoms with Crippen LogP contribution in [0, 0.1) is 0 Å². The summed E-state index contributed by atoms with van der Waals surface area (Å²) in [5.41, 5.74) is 1.81. The van der Waals surface area contributed by atoms with Crippen LogP contribution in [-0.2, 0) is 17.7 Å². The van der Waals surface area contributed by atoms with Gasteiger partial charge in [-0.25, -0.2) is 14.3 Å². The van der Waals surface area contributed by atoms with Crippen LogP contribution < -0.4 is 10.5 Å². The minimum Gasteiger partial charge on any atom is -0.450 e. The zero-order valence-electron chi connectivity index (χ0n) is 18.7. The zero-order chi connectivity index (χ0) is 23.1. The zero-order valence-corrected chi connectivity index (χ0v) is 20.3. The van der Waals surface area contributed by atoms with Gasteiger partial charge >= 0.3 is 6.09 Å². The van der Waals surface area contributed by atoms with Crippen LogP contribution in [0.3, 0.4) is 0 Å². The number of hydrogen-bond donors (Lipinski definition) is 0. The number of nitrogens with zero attached hydrogens (tertiary/aromatic N) is 5. The topological polar surface area (TPSA) is 70.9 Å². The van der Waals surface area contributed by atoms with E-state index in [4.69, 9.17) is 21.3 Å².